The van der Waals surface area contributed by atoms with Crippen LogP contribution in [0.5, 0.6) is 0 Å². The molecule has 2 N–H and O–H groups in total. The summed E-state index contributed by atoms with van der Waals surface area (Å²) in [6.45, 7) is 1.56. The van der Waals surface area contributed by atoms with Crippen LogP contribution in [-0.4, -0.2) is 38.5 Å². The molecule has 0 aliphatic heterocycles. The van der Waals surface area contributed by atoms with Crippen molar-refractivity contribution in [3.63, 3.8) is 0 Å². The van der Waals surface area contributed by atoms with E-state index in [1.807, 2.05) is 11.4 Å². The lowest BCUT2D eigenvalue weighted by Crippen LogP contribution is -2.20. The predicted octanol–water partition coefficient (Wildman–Crippen LogP) is 3.67. The fourth-order valence-electron chi connectivity index (χ4n) is 3.16. The number of nitrogens with zero attached hydrogens (tertiary/aromatic N) is 3. The lowest BCUT2D eigenvalue weighted by Gasteiger charge is -2.25. The zero-order valence-corrected chi connectivity index (χ0v) is 14.8. The molecule has 0 bridgehead atoms. The van der Waals surface area contributed by atoms with Crippen molar-refractivity contribution in [3.8, 4) is 0 Å². The Morgan fingerprint density at radius 3 is 2.87 bits per heavy atom. The van der Waals surface area contributed by atoms with Crippen LogP contribution in [0.25, 0.3) is 5.52 Å². The predicted molar refractivity (Wildman–Crippen MR) is 91.6 cm³/mol. The van der Waals surface area contributed by atoms with E-state index in [9.17, 15) is 9.50 Å². The maximum atomic E-state index is 12.4. The van der Waals surface area contributed by atoms with Crippen molar-refractivity contribution in [3.05, 3.63) is 22.4 Å². The molecule has 126 valence electrons. The highest BCUT2D eigenvalue weighted by Crippen LogP contribution is 2.36. The number of alkyl halides is 1. The molecule has 0 saturated heterocycles. The van der Waals surface area contributed by atoms with Crippen LogP contribution in [0.3, 0.4) is 0 Å². The summed E-state index contributed by atoms with van der Waals surface area (Å²) in [5, 5.41) is 17.4. The van der Waals surface area contributed by atoms with Crippen molar-refractivity contribution < 1.29 is 9.50 Å². The van der Waals surface area contributed by atoms with Crippen molar-refractivity contribution in [1.82, 2.24) is 14.6 Å². The fraction of sp³-hybridized carbons (Fsp3) is 0.625. The molecule has 23 heavy (non-hydrogen) atoms. The summed E-state index contributed by atoms with van der Waals surface area (Å²) in [7, 11) is 0. The molecule has 3 rings (SSSR count). The first-order valence-electron chi connectivity index (χ1n) is 8.13. The second-order valence-corrected chi connectivity index (χ2v) is 7.18. The Bertz CT molecular complexity index is 669. The monoisotopic (exact) mass is 384 g/mol. The van der Waals surface area contributed by atoms with Gasteiger partial charge in [-0.3, -0.25) is 4.39 Å². The van der Waals surface area contributed by atoms with Gasteiger partial charge in [0.1, 0.15) is 0 Å². The van der Waals surface area contributed by atoms with E-state index in [-0.39, 0.29) is 18.8 Å². The molecule has 0 radical (unpaired) electrons. The second kappa shape index (κ2) is 7.13. The van der Waals surface area contributed by atoms with Crippen molar-refractivity contribution in [2.24, 2.45) is 0 Å². The third-order valence-electron chi connectivity index (χ3n) is 4.53. The SMILES string of the molecule is CC(CCF)Nc1ncc2c(Br)cc([C@H]3CC[C@H](O)CC3)n2n1. The maximum Gasteiger partial charge on any atom is 0.241 e. The van der Waals surface area contributed by atoms with Gasteiger partial charge in [-0.05, 0) is 61.0 Å². The molecule has 0 aromatic carbocycles. The molecule has 2 aromatic heterocycles. The minimum Gasteiger partial charge on any atom is -0.393 e. The Labute approximate surface area is 143 Å². The minimum absolute atomic E-state index is 0.00951. The van der Waals surface area contributed by atoms with Crippen molar-refractivity contribution in [2.75, 3.05) is 12.0 Å². The van der Waals surface area contributed by atoms with E-state index in [4.69, 9.17) is 0 Å². The summed E-state index contributed by atoms with van der Waals surface area (Å²) >= 11 is 3.58. The van der Waals surface area contributed by atoms with Gasteiger partial charge in [0.15, 0.2) is 0 Å². The van der Waals surface area contributed by atoms with Crippen LogP contribution >= 0.6 is 15.9 Å². The minimum atomic E-state index is -0.360. The van der Waals surface area contributed by atoms with Crippen LogP contribution in [0.4, 0.5) is 10.3 Å². The first kappa shape index (κ1) is 16.6. The lowest BCUT2D eigenvalue weighted by atomic mass is 9.85. The summed E-state index contributed by atoms with van der Waals surface area (Å²) < 4.78 is 15.3. The van der Waals surface area contributed by atoms with Gasteiger partial charge >= 0.3 is 0 Å². The first-order chi connectivity index (χ1) is 11.1. The highest BCUT2D eigenvalue weighted by Gasteiger charge is 2.24. The third kappa shape index (κ3) is 3.66. The first-order valence-corrected chi connectivity index (χ1v) is 8.92. The van der Waals surface area contributed by atoms with Crippen LogP contribution in [0.2, 0.25) is 0 Å². The number of hydrogen-bond acceptors (Lipinski definition) is 4. The van der Waals surface area contributed by atoms with E-state index in [0.717, 1.165) is 41.4 Å². The van der Waals surface area contributed by atoms with E-state index in [1.165, 1.54) is 0 Å². The Morgan fingerprint density at radius 2 is 2.17 bits per heavy atom. The number of rotatable bonds is 5. The zero-order valence-electron chi connectivity index (χ0n) is 13.2. The molecule has 1 unspecified atom stereocenters. The topological polar surface area (TPSA) is 62.5 Å². The van der Waals surface area contributed by atoms with Gasteiger partial charge in [0.05, 0.1) is 24.5 Å². The average molecular weight is 385 g/mol. The van der Waals surface area contributed by atoms with Crippen molar-refractivity contribution in [1.29, 1.82) is 0 Å². The molecule has 7 heteroatoms. The highest BCUT2D eigenvalue weighted by atomic mass is 79.9. The Kier molecular flexibility index (Phi) is 5.16. The number of aliphatic hydroxyl groups excluding tert-OH is 1. The summed E-state index contributed by atoms with van der Waals surface area (Å²) in [5.41, 5.74) is 2.07. The van der Waals surface area contributed by atoms with Gasteiger partial charge in [-0.25, -0.2) is 9.50 Å². The van der Waals surface area contributed by atoms with Gasteiger partial charge < -0.3 is 10.4 Å². The summed E-state index contributed by atoms with van der Waals surface area (Å²) in [6, 6.07) is 2.09. The number of aromatic nitrogens is 3. The van der Waals surface area contributed by atoms with Crippen LogP contribution in [0.1, 0.15) is 50.6 Å². The lowest BCUT2D eigenvalue weighted by molar-refractivity contribution is 0.121. The summed E-state index contributed by atoms with van der Waals surface area (Å²) in [4.78, 5) is 4.32. The van der Waals surface area contributed by atoms with E-state index in [2.05, 4.69) is 37.4 Å². The number of nitrogens with one attached hydrogen (secondary N) is 1. The highest BCUT2D eigenvalue weighted by molar-refractivity contribution is 9.10. The van der Waals surface area contributed by atoms with Crippen molar-refractivity contribution in [2.45, 2.75) is 57.1 Å². The normalized spacial score (nSPS) is 23.1. The van der Waals surface area contributed by atoms with Crippen LogP contribution < -0.4 is 5.32 Å². The summed E-state index contributed by atoms with van der Waals surface area (Å²) in [5.74, 6) is 0.904. The van der Waals surface area contributed by atoms with Gasteiger partial charge in [-0.2, -0.15) is 0 Å². The van der Waals surface area contributed by atoms with E-state index >= 15 is 0 Å². The molecule has 0 amide bonds. The smallest absolute Gasteiger partial charge is 0.241 e. The zero-order chi connectivity index (χ0) is 16.4. The summed E-state index contributed by atoms with van der Waals surface area (Å²) in [6.07, 6.45) is 5.63. The molecule has 2 aromatic rings. The van der Waals surface area contributed by atoms with Crippen LogP contribution in [-0.2, 0) is 0 Å². The number of fused-ring (bicyclic) bond motifs is 1. The molecule has 1 aliphatic carbocycles. The average Bonchev–Trinajstić information content (AvgIpc) is 2.85. The Morgan fingerprint density at radius 1 is 1.43 bits per heavy atom. The van der Waals surface area contributed by atoms with Gasteiger partial charge in [0.25, 0.3) is 0 Å². The van der Waals surface area contributed by atoms with E-state index < -0.39 is 0 Å². The molecular formula is C16H22BrFN4O. The fourth-order valence-corrected chi connectivity index (χ4v) is 3.67. The van der Waals surface area contributed by atoms with Crippen molar-refractivity contribution >= 4 is 27.4 Å². The molecule has 1 atom stereocenters. The standard InChI is InChI=1S/C16H22BrFN4O/c1-10(6-7-18)20-16-19-9-15-13(17)8-14(22(15)21-16)11-2-4-12(23)5-3-11/h8-12,23H,2-7H2,1H3,(H,20,21)/t10?,11-,12-. The second-order valence-electron chi connectivity index (χ2n) is 6.32. The molecule has 1 fully saturated rings. The molecule has 1 saturated carbocycles. The number of aliphatic hydroxyl groups is 1. The van der Waals surface area contributed by atoms with Gasteiger partial charge in [0, 0.05) is 22.1 Å². The van der Waals surface area contributed by atoms with E-state index in [0.29, 0.717) is 18.3 Å². The molecule has 2 heterocycles. The largest absolute Gasteiger partial charge is 0.393 e. The maximum absolute atomic E-state index is 12.4. The van der Waals surface area contributed by atoms with Gasteiger partial charge in [-0.1, -0.05) is 0 Å². The van der Waals surface area contributed by atoms with Gasteiger partial charge in [-0.15, -0.1) is 5.10 Å². The molecule has 1 aliphatic rings. The van der Waals surface area contributed by atoms with Crippen LogP contribution in [0, 0.1) is 0 Å². The number of halogens is 2. The number of hydrogen-bond donors (Lipinski definition) is 2. The van der Waals surface area contributed by atoms with Crippen LogP contribution in [0.15, 0.2) is 16.7 Å². The quantitative estimate of drug-likeness (QED) is 0.825. The Hall–Kier alpha value is -1.21. The third-order valence-corrected chi connectivity index (χ3v) is 5.16. The molecule has 0 spiro atoms. The molecule has 5 nitrogen and oxygen atoms in total. The number of anilines is 1. The van der Waals surface area contributed by atoms with E-state index in [1.54, 1.807) is 6.20 Å². The molecular weight excluding hydrogens is 363 g/mol. The van der Waals surface area contributed by atoms with Gasteiger partial charge in [0.2, 0.25) is 5.95 Å². The Balaban J connectivity index is 1.89.